The number of ether oxygens (including phenoxy) is 2. The lowest BCUT2D eigenvalue weighted by atomic mass is 10.0. The quantitative estimate of drug-likeness (QED) is 0.761. The van der Waals surface area contributed by atoms with Gasteiger partial charge in [0.15, 0.2) is 5.69 Å². The number of nitrogens with zero attached hydrogens (tertiary/aromatic N) is 2. The maximum Gasteiger partial charge on any atom is 0.573 e. The van der Waals surface area contributed by atoms with Crippen LogP contribution in [0.25, 0.3) is 11.3 Å². The van der Waals surface area contributed by atoms with Gasteiger partial charge < -0.3 is 9.47 Å². The maximum absolute atomic E-state index is 12.8. The first-order valence-corrected chi connectivity index (χ1v) is 7.89. The molecule has 0 unspecified atom stereocenters. The third-order valence-corrected chi connectivity index (χ3v) is 3.92. The number of halogens is 3. The van der Waals surface area contributed by atoms with Crippen molar-refractivity contribution in [2.75, 3.05) is 6.61 Å². The van der Waals surface area contributed by atoms with Gasteiger partial charge in [0.05, 0.1) is 12.3 Å². The number of aromatic nitrogens is 2. The molecule has 0 spiro atoms. The average molecular weight is 354 g/mol. The van der Waals surface area contributed by atoms with E-state index in [9.17, 15) is 18.0 Å². The van der Waals surface area contributed by atoms with Gasteiger partial charge in [-0.05, 0) is 49.4 Å². The van der Waals surface area contributed by atoms with E-state index < -0.39 is 12.3 Å². The third-order valence-electron chi connectivity index (χ3n) is 3.92. The first-order valence-electron chi connectivity index (χ1n) is 7.89. The molecule has 0 aliphatic heterocycles. The number of carbonyl (C=O) groups is 1. The number of alkyl halides is 3. The van der Waals surface area contributed by atoms with Crippen LogP contribution in [0.4, 0.5) is 13.2 Å². The lowest BCUT2D eigenvalue weighted by Gasteiger charge is -2.15. The molecule has 0 atom stereocenters. The van der Waals surface area contributed by atoms with Crippen LogP contribution in [-0.2, 0) is 11.8 Å². The molecule has 1 aliphatic carbocycles. The number of aryl methyl sites for hydroxylation is 1. The Morgan fingerprint density at radius 3 is 2.64 bits per heavy atom. The zero-order valence-corrected chi connectivity index (χ0v) is 13.8. The lowest BCUT2D eigenvalue weighted by Crippen LogP contribution is -2.18. The van der Waals surface area contributed by atoms with Crippen molar-refractivity contribution in [2.24, 2.45) is 7.05 Å². The van der Waals surface area contributed by atoms with E-state index in [1.54, 1.807) is 26.1 Å². The molecule has 0 amide bonds. The zero-order chi connectivity index (χ0) is 18.2. The van der Waals surface area contributed by atoms with Gasteiger partial charge in [-0.2, -0.15) is 5.10 Å². The summed E-state index contributed by atoms with van der Waals surface area (Å²) in [5, 5.41) is 4.02. The molecule has 0 radical (unpaired) electrons. The number of benzene rings is 1. The Balaban J connectivity index is 2.02. The average Bonchev–Trinajstić information content (AvgIpc) is 3.29. The molecule has 1 heterocycles. The second-order valence-corrected chi connectivity index (χ2v) is 5.84. The molecule has 0 saturated heterocycles. The lowest BCUT2D eigenvalue weighted by molar-refractivity contribution is -0.274. The summed E-state index contributed by atoms with van der Waals surface area (Å²) in [6.45, 7) is 1.84. The SMILES string of the molecule is CCOC(=O)c1cc(-c2ccc(C3CC3)cc2OC(F)(F)F)n(C)n1. The molecular weight excluding hydrogens is 337 g/mol. The standard InChI is InChI=1S/C17H17F3N2O3/c1-3-24-16(23)13-9-14(22(2)21-13)12-7-6-11(10-4-5-10)8-15(12)25-17(18,19)20/h6-10H,3-5H2,1-2H3. The molecule has 1 aromatic carbocycles. The number of rotatable bonds is 5. The third kappa shape index (κ3) is 3.94. The van der Waals surface area contributed by atoms with Crippen molar-refractivity contribution < 1.29 is 27.4 Å². The topological polar surface area (TPSA) is 53.4 Å². The minimum Gasteiger partial charge on any atom is -0.461 e. The van der Waals surface area contributed by atoms with E-state index >= 15 is 0 Å². The predicted octanol–water partition coefficient (Wildman–Crippen LogP) is 4.04. The number of hydrogen-bond donors (Lipinski definition) is 0. The fourth-order valence-electron chi connectivity index (χ4n) is 2.65. The first-order chi connectivity index (χ1) is 11.8. The Morgan fingerprint density at radius 2 is 2.04 bits per heavy atom. The van der Waals surface area contributed by atoms with Gasteiger partial charge in [-0.25, -0.2) is 4.79 Å². The maximum atomic E-state index is 12.8. The molecule has 0 bridgehead atoms. The highest BCUT2D eigenvalue weighted by Crippen LogP contribution is 2.44. The van der Waals surface area contributed by atoms with Crippen LogP contribution in [0.3, 0.4) is 0 Å². The Bertz CT molecular complexity index is 795. The molecule has 0 N–H and O–H groups in total. The van der Waals surface area contributed by atoms with Crippen molar-refractivity contribution in [3.63, 3.8) is 0 Å². The van der Waals surface area contributed by atoms with Gasteiger partial charge in [0.2, 0.25) is 0 Å². The normalized spacial score (nSPS) is 14.4. The molecule has 1 aliphatic rings. The molecule has 5 nitrogen and oxygen atoms in total. The van der Waals surface area contributed by atoms with Gasteiger partial charge in [0.1, 0.15) is 5.75 Å². The Morgan fingerprint density at radius 1 is 1.32 bits per heavy atom. The van der Waals surface area contributed by atoms with Crippen molar-refractivity contribution in [3.05, 3.63) is 35.5 Å². The molecular formula is C17H17F3N2O3. The summed E-state index contributed by atoms with van der Waals surface area (Å²) in [7, 11) is 1.55. The molecule has 134 valence electrons. The van der Waals surface area contributed by atoms with Crippen LogP contribution < -0.4 is 4.74 Å². The summed E-state index contributed by atoms with van der Waals surface area (Å²) >= 11 is 0. The molecule has 1 aromatic heterocycles. The number of hydrogen-bond acceptors (Lipinski definition) is 4. The highest BCUT2D eigenvalue weighted by atomic mass is 19.4. The summed E-state index contributed by atoms with van der Waals surface area (Å²) in [6, 6.07) is 6.17. The van der Waals surface area contributed by atoms with E-state index in [0.717, 1.165) is 18.4 Å². The van der Waals surface area contributed by atoms with Crippen molar-refractivity contribution >= 4 is 5.97 Å². The van der Waals surface area contributed by atoms with Crippen LogP contribution >= 0.6 is 0 Å². The summed E-state index contributed by atoms with van der Waals surface area (Å²) < 4.78 is 48.8. The second kappa shape index (κ2) is 6.42. The number of carbonyl (C=O) groups excluding carboxylic acids is 1. The predicted molar refractivity (Wildman–Crippen MR) is 83.3 cm³/mol. The minimum atomic E-state index is -4.81. The fourth-order valence-corrected chi connectivity index (χ4v) is 2.65. The largest absolute Gasteiger partial charge is 0.573 e. The van der Waals surface area contributed by atoms with Crippen LogP contribution in [-0.4, -0.2) is 28.7 Å². The van der Waals surface area contributed by atoms with Gasteiger partial charge >= 0.3 is 12.3 Å². The summed E-state index contributed by atoms with van der Waals surface area (Å²) in [4.78, 5) is 11.8. The van der Waals surface area contributed by atoms with Crippen LogP contribution in [0.2, 0.25) is 0 Å². The monoisotopic (exact) mass is 354 g/mol. The van der Waals surface area contributed by atoms with Gasteiger partial charge in [-0.3, -0.25) is 4.68 Å². The molecule has 8 heteroatoms. The molecule has 1 saturated carbocycles. The van der Waals surface area contributed by atoms with Crippen LogP contribution in [0, 0.1) is 0 Å². The highest BCUT2D eigenvalue weighted by Gasteiger charge is 2.34. The Kier molecular flexibility index (Phi) is 4.45. The summed E-state index contributed by atoms with van der Waals surface area (Å²) in [5.41, 5.74) is 1.40. The molecule has 3 rings (SSSR count). The van der Waals surface area contributed by atoms with Crippen molar-refractivity contribution in [1.82, 2.24) is 9.78 Å². The van der Waals surface area contributed by atoms with Gasteiger partial charge in [-0.15, -0.1) is 13.2 Å². The molecule has 1 fully saturated rings. The van der Waals surface area contributed by atoms with Crippen LogP contribution in [0.1, 0.15) is 41.7 Å². The van der Waals surface area contributed by atoms with Crippen LogP contribution in [0.5, 0.6) is 5.75 Å². The summed E-state index contributed by atoms with van der Waals surface area (Å²) in [6.07, 6.45) is -2.88. The molecule has 25 heavy (non-hydrogen) atoms. The molecule has 2 aromatic rings. The van der Waals surface area contributed by atoms with Gasteiger partial charge in [-0.1, -0.05) is 6.07 Å². The first kappa shape index (κ1) is 17.3. The van der Waals surface area contributed by atoms with Gasteiger partial charge in [0.25, 0.3) is 0 Å². The van der Waals surface area contributed by atoms with E-state index in [2.05, 4.69) is 9.84 Å². The second-order valence-electron chi connectivity index (χ2n) is 5.84. The Labute approximate surface area is 142 Å². The summed E-state index contributed by atoms with van der Waals surface area (Å²) in [5.74, 6) is -0.640. The van der Waals surface area contributed by atoms with E-state index in [0.29, 0.717) is 5.69 Å². The smallest absolute Gasteiger partial charge is 0.461 e. The van der Waals surface area contributed by atoms with E-state index in [1.165, 1.54) is 16.8 Å². The fraction of sp³-hybridized carbons (Fsp3) is 0.412. The van der Waals surface area contributed by atoms with Crippen molar-refractivity contribution in [1.29, 1.82) is 0 Å². The van der Waals surface area contributed by atoms with E-state index in [4.69, 9.17) is 4.74 Å². The van der Waals surface area contributed by atoms with E-state index in [-0.39, 0.29) is 29.5 Å². The zero-order valence-electron chi connectivity index (χ0n) is 13.8. The Hall–Kier alpha value is -2.51. The van der Waals surface area contributed by atoms with Crippen molar-refractivity contribution in [3.8, 4) is 17.0 Å². The number of esters is 1. The van der Waals surface area contributed by atoms with Gasteiger partial charge in [0, 0.05) is 12.6 Å². The minimum absolute atomic E-state index is 0.0311. The highest BCUT2D eigenvalue weighted by molar-refractivity contribution is 5.89. The van der Waals surface area contributed by atoms with Crippen LogP contribution in [0.15, 0.2) is 24.3 Å². The van der Waals surface area contributed by atoms with Crippen molar-refractivity contribution in [2.45, 2.75) is 32.0 Å². The van der Waals surface area contributed by atoms with E-state index in [1.807, 2.05) is 0 Å².